The summed E-state index contributed by atoms with van der Waals surface area (Å²) in [5, 5.41) is 0. The van der Waals surface area contributed by atoms with Gasteiger partial charge in [-0.05, 0) is 38.0 Å². The van der Waals surface area contributed by atoms with Crippen LogP contribution in [0.1, 0.15) is 245 Å². The van der Waals surface area contributed by atoms with Crippen molar-refractivity contribution < 1.29 is 13.3 Å². The predicted molar refractivity (Wildman–Crippen MR) is 226 cm³/mol. The number of halogens is 1. The molecule has 0 aromatic rings. The predicted octanol–water partition coefficient (Wildman–Crippen LogP) is 16.1. The Morgan fingerprint density at radius 1 is 0.271 bits per heavy atom. The number of hydrogen-bond acceptors (Lipinski definition) is 3. The van der Waals surface area contributed by atoms with Gasteiger partial charge in [-0.15, -0.1) is 0 Å². The summed E-state index contributed by atoms with van der Waals surface area (Å²) in [6.07, 6.45) is 50.8. The van der Waals surface area contributed by atoms with E-state index in [-0.39, 0.29) is 0 Å². The molecule has 5 heteroatoms. The van der Waals surface area contributed by atoms with Crippen LogP contribution in [0.4, 0.5) is 0 Å². The first-order valence-electron chi connectivity index (χ1n) is 22.2. The Hall–Kier alpha value is 0.827. The first-order valence-corrected chi connectivity index (χ1v) is 25.7. The number of hydrogen-bond donors (Lipinski definition) is 0. The summed E-state index contributed by atoms with van der Waals surface area (Å²) in [6.45, 7) is 8.20. The van der Waals surface area contributed by atoms with E-state index in [1.165, 1.54) is 229 Å². The van der Waals surface area contributed by atoms with Gasteiger partial charge in [-0.2, -0.15) is 0 Å². The summed E-state index contributed by atoms with van der Waals surface area (Å²) in [7, 11) is -2.42. The van der Waals surface area contributed by atoms with Gasteiger partial charge >= 0.3 is 8.80 Å². The van der Waals surface area contributed by atoms with E-state index in [4.69, 9.17) is 13.3 Å². The van der Waals surface area contributed by atoms with Gasteiger partial charge in [0.2, 0.25) is 0 Å². The van der Waals surface area contributed by atoms with Crippen molar-refractivity contribution in [1.29, 1.82) is 0 Å². The zero-order valence-electron chi connectivity index (χ0n) is 33.4. The van der Waals surface area contributed by atoms with Crippen LogP contribution < -0.4 is 0 Å². The largest absolute Gasteiger partial charge is 0.500 e. The van der Waals surface area contributed by atoms with Crippen molar-refractivity contribution in [2.45, 2.75) is 252 Å². The lowest BCUT2D eigenvalue weighted by Gasteiger charge is -2.28. The molecule has 0 heterocycles. The fraction of sp³-hybridized carbons (Fsp3) is 1.00. The molecule has 0 radical (unpaired) electrons. The van der Waals surface area contributed by atoms with E-state index in [0.29, 0.717) is 19.8 Å². The third-order valence-corrected chi connectivity index (χ3v) is 14.1. The minimum absolute atomic E-state index is 0.686. The summed E-state index contributed by atoms with van der Waals surface area (Å²) >= 11 is 2.50. The highest BCUT2D eigenvalue weighted by atomic mass is 127. The van der Waals surface area contributed by atoms with Gasteiger partial charge in [-0.1, -0.05) is 234 Å². The standard InChI is InChI=1S/C43H89IO3Si/c1-4-45-48(46-5-2,47-6-3)43-41-39-37-35-33-31-29-27-25-23-21-19-17-15-13-11-9-7-8-10-12-14-16-18-20-22-24-26-28-30-32-34-36-38-40-42-44/h4-43H2,1-3H3. The fourth-order valence-corrected chi connectivity index (χ4v) is 10.5. The minimum atomic E-state index is -2.42. The average Bonchev–Trinajstić information content (AvgIpc) is 3.08. The Morgan fingerprint density at radius 3 is 0.604 bits per heavy atom. The molecule has 3 nitrogen and oxygen atoms in total. The summed E-state index contributed by atoms with van der Waals surface area (Å²) in [6, 6.07) is 0.974. The number of unbranched alkanes of at least 4 members (excludes halogenated alkanes) is 34. The van der Waals surface area contributed by atoms with Gasteiger partial charge < -0.3 is 13.3 Å². The van der Waals surface area contributed by atoms with Crippen LogP contribution in [0.15, 0.2) is 0 Å². The fourth-order valence-electron chi connectivity index (χ4n) is 7.27. The molecule has 0 aromatic carbocycles. The normalized spacial score (nSPS) is 12.0. The molecule has 48 heavy (non-hydrogen) atoms. The van der Waals surface area contributed by atoms with E-state index in [0.717, 1.165) is 6.04 Å². The third-order valence-electron chi connectivity index (χ3n) is 10.2. The van der Waals surface area contributed by atoms with Crippen LogP contribution >= 0.6 is 22.6 Å². The lowest BCUT2D eigenvalue weighted by atomic mass is 10.0. The van der Waals surface area contributed by atoms with Crippen molar-refractivity contribution in [3.05, 3.63) is 0 Å². The van der Waals surface area contributed by atoms with Crippen LogP contribution in [0.2, 0.25) is 6.04 Å². The Kier molecular flexibility index (Phi) is 43.0. The topological polar surface area (TPSA) is 27.7 Å². The molecule has 0 atom stereocenters. The summed E-state index contributed by atoms with van der Waals surface area (Å²) < 4.78 is 19.3. The monoisotopic (exact) mass is 809 g/mol. The highest BCUT2D eigenvalue weighted by Gasteiger charge is 2.39. The number of rotatable bonds is 43. The van der Waals surface area contributed by atoms with Crippen molar-refractivity contribution in [3.8, 4) is 0 Å². The highest BCUT2D eigenvalue weighted by Crippen LogP contribution is 2.21. The molecular formula is C43H89IO3Si. The SMILES string of the molecule is CCO[Si](CCCCCCCCCCCCCCCCCCCCCCCCCCCCCCCCCCCCCI)(OCC)OCC. The summed E-state index contributed by atoms with van der Waals surface area (Å²) in [5.74, 6) is 0. The van der Waals surface area contributed by atoms with E-state index < -0.39 is 8.80 Å². The zero-order valence-corrected chi connectivity index (χ0v) is 36.5. The molecule has 0 aromatic heterocycles. The molecule has 0 amide bonds. The van der Waals surface area contributed by atoms with Gasteiger partial charge in [0, 0.05) is 25.9 Å². The second-order valence-electron chi connectivity index (χ2n) is 14.8. The molecule has 0 aliphatic carbocycles. The second-order valence-corrected chi connectivity index (χ2v) is 18.6. The number of alkyl halides is 1. The van der Waals surface area contributed by atoms with Crippen molar-refractivity contribution in [3.63, 3.8) is 0 Å². The van der Waals surface area contributed by atoms with Crippen LogP contribution in [-0.4, -0.2) is 33.1 Å². The van der Waals surface area contributed by atoms with Crippen molar-refractivity contribution >= 4 is 31.4 Å². The molecule has 0 fully saturated rings. The van der Waals surface area contributed by atoms with Crippen LogP contribution in [0.3, 0.4) is 0 Å². The van der Waals surface area contributed by atoms with Crippen LogP contribution in [0.25, 0.3) is 0 Å². The molecule has 0 aliphatic heterocycles. The third kappa shape index (κ3) is 36.6. The molecule has 0 bridgehead atoms. The Morgan fingerprint density at radius 2 is 0.438 bits per heavy atom. The lowest BCUT2D eigenvalue weighted by molar-refractivity contribution is 0.0706. The van der Waals surface area contributed by atoms with Crippen molar-refractivity contribution in [2.75, 3.05) is 24.2 Å². The molecule has 0 aliphatic rings. The maximum Gasteiger partial charge on any atom is 0.500 e. The molecule has 0 N–H and O–H groups in total. The van der Waals surface area contributed by atoms with E-state index >= 15 is 0 Å². The summed E-state index contributed by atoms with van der Waals surface area (Å²) in [5.41, 5.74) is 0. The van der Waals surface area contributed by atoms with E-state index in [1.54, 1.807) is 0 Å². The van der Waals surface area contributed by atoms with Gasteiger partial charge in [-0.25, -0.2) is 0 Å². The highest BCUT2D eigenvalue weighted by molar-refractivity contribution is 14.1. The zero-order chi connectivity index (χ0) is 34.9. The van der Waals surface area contributed by atoms with Gasteiger partial charge in [-0.3, -0.25) is 0 Å². The lowest BCUT2D eigenvalue weighted by Crippen LogP contribution is -2.45. The van der Waals surface area contributed by atoms with Crippen molar-refractivity contribution in [1.82, 2.24) is 0 Å². The van der Waals surface area contributed by atoms with Crippen molar-refractivity contribution in [2.24, 2.45) is 0 Å². The van der Waals surface area contributed by atoms with Gasteiger partial charge in [0.15, 0.2) is 0 Å². The second kappa shape index (κ2) is 42.2. The molecular weight excluding hydrogens is 719 g/mol. The van der Waals surface area contributed by atoms with Gasteiger partial charge in [0.1, 0.15) is 0 Å². The Balaban J connectivity index is 3.21. The first kappa shape index (κ1) is 48.8. The minimum Gasteiger partial charge on any atom is -0.374 e. The molecule has 0 unspecified atom stereocenters. The average molecular weight is 809 g/mol. The molecule has 290 valence electrons. The van der Waals surface area contributed by atoms with Crippen LogP contribution in [0.5, 0.6) is 0 Å². The Labute approximate surface area is 318 Å². The maximum atomic E-state index is 5.98. The Bertz CT molecular complexity index is 561. The van der Waals surface area contributed by atoms with Gasteiger partial charge in [0.05, 0.1) is 0 Å². The van der Waals surface area contributed by atoms with E-state index in [9.17, 15) is 0 Å². The smallest absolute Gasteiger partial charge is 0.374 e. The van der Waals surface area contributed by atoms with Crippen LogP contribution in [-0.2, 0) is 13.3 Å². The van der Waals surface area contributed by atoms with Crippen LogP contribution in [0, 0.1) is 0 Å². The molecule has 0 spiro atoms. The first-order chi connectivity index (χ1) is 23.7. The molecule has 0 rings (SSSR count). The molecule has 0 saturated carbocycles. The molecule has 0 saturated heterocycles. The van der Waals surface area contributed by atoms with E-state index in [2.05, 4.69) is 22.6 Å². The maximum absolute atomic E-state index is 5.98. The summed E-state index contributed by atoms with van der Waals surface area (Å²) in [4.78, 5) is 0. The van der Waals surface area contributed by atoms with Gasteiger partial charge in [0.25, 0.3) is 0 Å². The quantitative estimate of drug-likeness (QED) is 0.0266. The van der Waals surface area contributed by atoms with E-state index in [1.807, 2.05) is 20.8 Å².